The van der Waals surface area contributed by atoms with E-state index < -0.39 is 34.1 Å². The molecule has 0 radical (unpaired) electrons. The fourth-order valence-corrected chi connectivity index (χ4v) is 5.23. The molecular weight excluding hydrogens is 493 g/mol. The zero-order valence-electron chi connectivity index (χ0n) is 19.2. The smallest absolute Gasteiger partial charge is 0.333 e. The summed E-state index contributed by atoms with van der Waals surface area (Å²) in [5.74, 6) is -0.628. The number of carbonyl (C=O) groups is 1. The highest BCUT2D eigenvalue weighted by atomic mass is 32.2. The van der Waals surface area contributed by atoms with Crippen LogP contribution in [0.25, 0.3) is 16.6 Å². The number of hydrogen-bond acceptors (Lipinski definition) is 6. The molecule has 1 atom stereocenters. The number of urea groups is 1. The Balaban J connectivity index is 1.81. The number of nitrogens with one attached hydrogen (secondary N) is 4. The predicted octanol–water partition coefficient (Wildman–Crippen LogP) is 4.16. The fourth-order valence-electron chi connectivity index (χ4n) is 3.14. The van der Waals surface area contributed by atoms with Crippen LogP contribution in [0.2, 0.25) is 0 Å². The zero-order valence-corrected chi connectivity index (χ0v) is 20.9. The van der Waals surface area contributed by atoms with E-state index in [4.69, 9.17) is 0 Å². The molecule has 3 aromatic rings. The lowest BCUT2D eigenvalue weighted by Crippen LogP contribution is -2.33. The van der Waals surface area contributed by atoms with E-state index in [0.29, 0.717) is 16.3 Å². The molecule has 184 valence electrons. The van der Waals surface area contributed by atoms with E-state index in [1.54, 1.807) is 13.0 Å². The zero-order chi connectivity index (χ0) is 25.7. The molecule has 1 aromatic heterocycles. The molecule has 0 aliphatic carbocycles. The summed E-state index contributed by atoms with van der Waals surface area (Å²) in [7, 11) is -0.238. The Morgan fingerprint density at radius 2 is 1.94 bits per heavy atom. The number of anilines is 2. The number of H-pyrrole nitrogens is 1. The summed E-state index contributed by atoms with van der Waals surface area (Å²) in [6.07, 6.45) is 2.39. The third-order valence-corrected chi connectivity index (χ3v) is 6.98. The van der Waals surface area contributed by atoms with Crippen LogP contribution in [0.4, 0.5) is 20.6 Å². The number of halogens is 1. The maximum atomic E-state index is 14.2. The van der Waals surface area contributed by atoms with Gasteiger partial charge in [0.25, 0.3) is 5.56 Å². The quantitative estimate of drug-likeness (QED) is 0.356. The molecular formula is C23H24FN5O4S2. The first-order chi connectivity index (χ1) is 16.6. The molecule has 0 fully saturated rings. The number of benzene rings is 2. The van der Waals surface area contributed by atoms with E-state index in [1.165, 1.54) is 49.1 Å². The Bertz CT molecular complexity index is 1460. The Morgan fingerprint density at radius 3 is 2.54 bits per heavy atom. The summed E-state index contributed by atoms with van der Waals surface area (Å²) in [6, 6.07) is 7.57. The molecule has 1 heterocycles. The largest absolute Gasteiger partial charge is 0.386 e. The van der Waals surface area contributed by atoms with Crippen LogP contribution in [-0.2, 0) is 11.0 Å². The number of aromatic nitrogens is 2. The molecule has 1 unspecified atom stereocenters. The molecule has 9 nitrogen and oxygen atoms in total. The van der Waals surface area contributed by atoms with Crippen molar-refractivity contribution in [3.05, 3.63) is 84.9 Å². The standard InChI is InChI=1S/C23H24FN5O4S2/c1-5-6-20(34-13(2)3)35(33)28-22(31)26-14-7-9-15(10-8-14)29-21(30)16-11-17(24)19(25-4)12-18(16)27-23(29)32/h6-12,25H,2,5H2,1,3-4H3,(H,27,32)(H2,26,28,31)/b20-6+. The van der Waals surface area contributed by atoms with Crippen molar-refractivity contribution in [3.63, 3.8) is 0 Å². The number of nitrogens with zero attached hydrogens (tertiary/aromatic N) is 1. The summed E-state index contributed by atoms with van der Waals surface area (Å²) in [6.45, 7) is 7.43. The van der Waals surface area contributed by atoms with E-state index in [2.05, 4.69) is 26.9 Å². The van der Waals surface area contributed by atoms with Gasteiger partial charge in [-0.25, -0.2) is 22.8 Å². The van der Waals surface area contributed by atoms with E-state index in [0.717, 1.165) is 15.5 Å². The monoisotopic (exact) mass is 517 g/mol. The van der Waals surface area contributed by atoms with Gasteiger partial charge in [-0.3, -0.25) is 9.52 Å². The Morgan fingerprint density at radius 1 is 1.26 bits per heavy atom. The van der Waals surface area contributed by atoms with Crippen LogP contribution in [0.1, 0.15) is 20.3 Å². The normalized spacial score (nSPS) is 12.3. The molecule has 0 aliphatic heterocycles. The van der Waals surface area contributed by atoms with Gasteiger partial charge in [-0.15, -0.1) is 0 Å². The lowest BCUT2D eigenvalue weighted by atomic mass is 10.2. The summed E-state index contributed by atoms with van der Waals surface area (Å²) >= 11 is 1.22. The van der Waals surface area contributed by atoms with Crippen LogP contribution < -0.4 is 26.6 Å². The van der Waals surface area contributed by atoms with Crippen LogP contribution in [-0.4, -0.2) is 26.8 Å². The number of aromatic amines is 1. The van der Waals surface area contributed by atoms with Gasteiger partial charge < -0.3 is 15.6 Å². The highest BCUT2D eigenvalue weighted by Gasteiger charge is 2.15. The molecule has 0 saturated carbocycles. The summed E-state index contributed by atoms with van der Waals surface area (Å²) in [5, 5.41) is 5.21. The number of amides is 2. The minimum Gasteiger partial charge on any atom is -0.386 e. The van der Waals surface area contributed by atoms with Crippen molar-refractivity contribution in [1.29, 1.82) is 0 Å². The second-order valence-corrected chi connectivity index (χ2v) is 10.1. The summed E-state index contributed by atoms with van der Waals surface area (Å²) in [5.41, 5.74) is -0.481. The van der Waals surface area contributed by atoms with Crippen molar-refractivity contribution in [2.24, 2.45) is 0 Å². The maximum absolute atomic E-state index is 14.2. The molecule has 12 heteroatoms. The number of allylic oxidation sites excluding steroid dienone is 2. The molecule has 4 N–H and O–H groups in total. The first-order valence-electron chi connectivity index (χ1n) is 10.4. The van der Waals surface area contributed by atoms with Crippen molar-refractivity contribution in [3.8, 4) is 5.69 Å². The lowest BCUT2D eigenvalue weighted by Gasteiger charge is -2.11. The van der Waals surface area contributed by atoms with Crippen LogP contribution >= 0.6 is 11.8 Å². The van der Waals surface area contributed by atoms with E-state index >= 15 is 0 Å². The van der Waals surface area contributed by atoms with Gasteiger partial charge in [0.2, 0.25) is 0 Å². The van der Waals surface area contributed by atoms with E-state index in [-0.39, 0.29) is 22.3 Å². The van der Waals surface area contributed by atoms with Crippen molar-refractivity contribution in [2.75, 3.05) is 17.7 Å². The van der Waals surface area contributed by atoms with E-state index in [9.17, 15) is 23.0 Å². The molecule has 0 bridgehead atoms. The van der Waals surface area contributed by atoms with Crippen LogP contribution in [0.5, 0.6) is 0 Å². The first-order valence-corrected chi connectivity index (χ1v) is 12.4. The van der Waals surface area contributed by atoms with Crippen molar-refractivity contribution in [1.82, 2.24) is 14.3 Å². The minimum atomic E-state index is -1.77. The molecule has 0 spiro atoms. The molecule has 0 aliphatic rings. The van der Waals surface area contributed by atoms with Gasteiger partial charge in [0, 0.05) is 12.7 Å². The van der Waals surface area contributed by atoms with Gasteiger partial charge in [0.1, 0.15) is 5.82 Å². The van der Waals surface area contributed by atoms with Crippen LogP contribution in [0.15, 0.2) is 67.8 Å². The summed E-state index contributed by atoms with van der Waals surface area (Å²) in [4.78, 5) is 41.1. The van der Waals surface area contributed by atoms with Crippen molar-refractivity contribution < 1.29 is 13.4 Å². The fraction of sp³-hybridized carbons (Fsp3) is 0.174. The third kappa shape index (κ3) is 6.08. The predicted molar refractivity (Wildman–Crippen MR) is 141 cm³/mol. The van der Waals surface area contributed by atoms with E-state index in [1.807, 2.05) is 6.92 Å². The second kappa shape index (κ2) is 11.2. The van der Waals surface area contributed by atoms with Gasteiger partial charge in [-0.05, 0) is 54.6 Å². The third-order valence-electron chi connectivity index (χ3n) is 4.65. The molecule has 35 heavy (non-hydrogen) atoms. The summed E-state index contributed by atoms with van der Waals surface area (Å²) < 4.78 is 30.3. The first kappa shape index (κ1) is 26.0. The number of fused-ring (bicyclic) bond motifs is 1. The van der Waals surface area contributed by atoms with Gasteiger partial charge in [-0.1, -0.05) is 31.3 Å². The molecule has 2 aromatic carbocycles. The van der Waals surface area contributed by atoms with Gasteiger partial charge in [0.05, 0.1) is 26.5 Å². The second-order valence-electron chi connectivity index (χ2n) is 7.31. The topological polar surface area (TPSA) is 125 Å². The molecule has 0 saturated heterocycles. The van der Waals surface area contributed by atoms with Gasteiger partial charge >= 0.3 is 11.7 Å². The van der Waals surface area contributed by atoms with Crippen LogP contribution in [0, 0.1) is 5.82 Å². The Hall–Kier alpha value is -3.64. The number of carbonyl (C=O) groups excluding carboxylic acids is 1. The van der Waals surface area contributed by atoms with Crippen molar-refractivity contribution >= 4 is 51.1 Å². The number of hydrogen-bond donors (Lipinski definition) is 4. The van der Waals surface area contributed by atoms with Gasteiger partial charge in [0.15, 0.2) is 11.0 Å². The number of thioether (sulfide) groups is 1. The maximum Gasteiger partial charge on any atom is 0.333 e. The lowest BCUT2D eigenvalue weighted by molar-refractivity contribution is 0.257. The average molecular weight is 518 g/mol. The highest BCUT2D eigenvalue weighted by molar-refractivity contribution is 8.18. The molecule has 2 amide bonds. The molecule has 3 rings (SSSR count). The average Bonchev–Trinajstić information content (AvgIpc) is 2.79. The Labute approximate surface area is 207 Å². The minimum absolute atomic E-state index is 0.00808. The van der Waals surface area contributed by atoms with Crippen LogP contribution in [0.3, 0.4) is 0 Å². The van der Waals surface area contributed by atoms with Gasteiger partial charge in [-0.2, -0.15) is 0 Å². The highest BCUT2D eigenvalue weighted by Crippen LogP contribution is 2.26. The van der Waals surface area contributed by atoms with Crippen molar-refractivity contribution in [2.45, 2.75) is 20.3 Å². The SMILES string of the molecule is C=C(C)S/C(=C\CC)S(=O)NC(=O)Nc1ccc(-n2c(=O)[nH]c3cc(NC)c(F)cc3c2=O)cc1. The Kier molecular flexibility index (Phi) is 8.30. The number of rotatable bonds is 8.